The molecule has 2 N–H and O–H groups in total. The minimum atomic E-state index is -3.84. The molecule has 0 saturated carbocycles. The molecule has 6 nitrogen and oxygen atoms in total. The third-order valence-electron chi connectivity index (χ3n) is 2.88. The summed E-state index contributed by atoms with van der Waals surface area (Å²) in [6.45, 7) is 1.55. The normalized spacial score (nSPS) is 11.0. The Bertz CT molecular complexity index is 809. The van der Waals surface area contributed by atoms with E-state index in [1.807, 2.05) is 23.9 Å². The van der Waals surface area contributed by atoms with Gasteiger partial charge in [0.05, 0.1) is 4.90 Å². The van der Waals surface area contributed by atoms with Crippen LogP contribution in [0.4, 0.5) is 0 Å². The number of nitrogens with one attached hydrogen (secondary N) is 2. The summed E-state index contributed by atoms with van der Waals surface area (Å²) in [7, 11) is -3.84. The van der Waals surface area contributed by atoms with E-state index in [4.69, 9.17) is 4.74 Å². The zero-order valence-corrected chi connectivity index (χ0v) is 14.6. The summed E-state index contributed by atoms with van der Waals surface area (Å²) >= 11 is 3.19. The Morgan fingerprint density at radius 2 is 1.91 bits per heavy atom. The van der Waals surface area contributed by atoms with E-state index in [2.05, 4.69) is 21.4 Å². The van der Waals surface area contributed by atoms with Crippen LogP contribution in [0.3, 0.4) is 0 Å². The summed E-state index contributed by atoms with van der Waals surface area (Å²) in [5, 5.41) is 0. The van der Waals surface area contributed by atoms with Crippen LogP contribution >= 0.6 is 15.9 Å². The van der Waals surface area contributed by atoms with Gasteiger partial charge in [-0.3, -0.25) is 10.2 Å². The lowest BCUT2D eigenvalue weighted by Crippen LogP contribution is -2.43. The number of amides is 1. The molecule has 0 unspecified atom stereocenters. The van der Waals surface area contributed by atoms with E-state index in [-0.39, 0.29) is 11.5 Å². The van der Waals surface area contributed by atoms with Crippen molar-refractivity contribution in [3.63, 3.8) is 0 Å². The number of aryl methyl sites for hydroxylation is 1. The second-order valence-corrected chi connectivity index (χ2v) is 7.26. The van der Waals surface area contributed by atoms with Gasteiger partial charge in [-0.2, -0.15) is 0 Å². The van der Waals surface area contributed by atoms with Crippen molar-refractivity contribution in [2.24, 2.45) is 0 Å². The number of rotatable bonds is 6. The van der Waals surface area contributed by atoms with Crippen molar-refractivity contribution in [3.05, 3.63) is 58.6 Å². The van der Waals surface area contributed by atoms with Crippen molar-refractivity contribution in [2.45, 2.75) is 11.8 Å². The molecule has 0 heterocycles. The highest BCUT2D eigenvalue weighted by Gasteiger charge is 2.15. The second kappa shape index (κ2) is 7.58. The molecule has 2 aromatic carbocycles. The maximum atomic E-state index is 12.0. The number of sulfonamides is 1. The van der Waals surface area contributed by atoms with Gasteiger partial charge in [0.2, 0.25) is 0 Å². The van der Waals surface area contributed by atoms with Crippen molar-refractivity contribution >= 4 is 31.9 Å². The summed E-state index contributed by atoms with van der Waals surface area (Å²) in [5.74, 6) is -0.0377. The first-order valence-corrected chi connectivity index (χ1v) is 8.91. The molecule has 122 valence electrons. The van der Waals surface area contributed by atoms with Gasteiger partial charge in [0.25, 0.3) is 15.9 Å². The minimum Gasteiger partial charge on any atom is -0.483 e. The Morgan fingerprint density at radius 1 is 1.17 bits per heavy atom. The number of para-hydroxylation sites is 1. The fourth-order valence-corrected chi connectivity index (χ4v) is 3.17. The second-order valence-electron chi connectivity index (χ2n) is 4.67. The van der Waals surface area contributed by atoms with Crippen molar-refractivity contribution in [3.8, 4) is 5.75 Å². The molecule has 0 saturated heterocycles. The Balaban J connectivity index is 1.90. The molecule has 2 aromatic rings. The van der Waals surface area contributed by atoms with Crippen molar-refractivity contribution in [1.29, 1.82) is 0 Å². The van der Waals surface area contributed by atoms with Crippen LogP contribution in [0.5, 0.6) is 5.75 Å². The molecule has 0 fully saturated rings. The van der Waals surface area contributed by atoms with E-state index in [0.717, 1.165) is 5.56 Å². The minimum absolute atomic E-state index is 0.0343. The lowest BCUT2D eigenvalue weighted by molar-refractivity contribution is -0.123. The Kier molecular flexibility index (Phi) is 5.75. The lowest BCUT2D eigenvalue weighted by atomic mass is 10.2. The summed E-state index contributed by atoms with van der Waals surface area (Å²) in [6.07, 6.45) is 0. The molecule has 0 bridgehead atoms. The summed E-state index contributed by atoms with van der Waals surface area (Å²) in [5.41, 5.74) is 3.00. The van der Waals surface area contributed by atoms with E-state index in [1.165, 1.54) is 12.1 Å². The Labute approximate surface area is 143 Å². The van der Waals surface area contributed by atoms with Crippen molar-refractivity contribution in [2.75, 3.05) is 6.61 Å². The fraction of sp³-hybridized carbons (Fsp3) is 0.133. The van der Waals surface area contributed by atoms with Gasteiger partial charge in [-0.25, -0.2) is 8.42 Å². The standard InChI is InChI=1S/C15H15BrN2O4S/c1-11-5-2-3-8-14(11)22-10-15(19)17-18-23(20,21)13-7-4-6-12(16)9-13/h2-9,18H,10H2,1H3,(H,17,19). The molecule has 0 spiro atoms. The van der Waals surface area contributed by atoms with E-state index in [9.17, 15) is 13.2 Å². The highest BCUT2D eigenvalue weighted by Crippen LogP contribution is 2.16. The molecule has 23 heavy (non-hydrogen) atoms. The first kappa shape index (κ1) is 17.5. The van der Waals surface area contributed by atoms with E-state index < -0.39 is 15.9 Å². The quantitative estimate of drug-likeness (QED) is 0.730. The third kappa shape index (κ3) is 5.05. The number of ether oxygens (including phenoxy) is 1. The van der Waals surface area contributed by atoms with Gasteiger partial charge >= 0.3 is 0 Å². The SMILES string of the molecule is Cc1ccccc1OCC(=O)NNS(=O)(=O)c1cccc(Br)c1. The number of benzene rings is 2. The lowest BCUT2D eigenvalue weighted by Gasteiger charge is -2.10. The van der Waals surface area contributed by atoms with E-state index >= 15 is 0 Å². The maximum Gasteiger partial charge on any atom is 0.272 e. The van der Waals surface area contributed by atoms with Crippen LogP contribution in [0.15, 0.2) is 57.9 Å². The number of halogens is 1. The molecule has 0 aliphatic heterocycles. The highest BCUT2D eigenvalue weighted by molar-refractivity contribution is 9.10. The number of hydrazine groups is 1. The monoisotopic (exact) mass is 398 g/mol. The zero-order valence-electron chi connectivity index (χ0n) is 12.2. The first-order chi connectivity index (χ1) is 10.9. The van der Waals surface area contributed by atoms with Crippen LogP contribution in [0.2, 0.25) is 0 Å². The number of hydrogen-bond acceptors (Lipinski definition) is 4. The van der Waals surface area contributed by atoms with Crippen LogP contribution < -0.4 is 15.0 Å². The topological polar surface area (TPSA) is 84.5 Å². The maximum absolute atomic E-state index is 12.0. The number of hydrogen-bond donors (Lipinski definition) is 2. The number of carbonyl (C=O) groups excluding carboxylic acids is 1. The molecule has 2 rings (SSSR count). The van der Waals surface area contributed by atoms with E-state index in [1.54, 1.807) is 24.3 Å². The number of carbonyl (C=O) groups is 1. The molecule has 0 aliphatic rings. The van der Waals surface area contributed by atoms with Crippen LogP contribution in [0.25, 0.3) is 0 Å². The van der Waals surface area contributed by atoms with Gasteiger partial charge in [0.1, 0.15) is 5.75 Å². The molecule has 1 amide bonds. The van der Waals surface area contributed by atoms with Crippen LogP contribution in [-0.4, -0.2) is 20.9 Å². The van der Waals surface area contributed by atoms with Crippen molar-refractivity contribution in [1.82, 2.24) is 10.3 Å². The van der Waals surface area contributed by atoms with Gasteiger partial charge in [0, 0.05) is 4.47 Å². The van der Waals surface area contributed by atoms with Crippen LogP contribution in [0.1, 0.15) is 5.56 Å². The van der Waals surface area contributed by atoms with Gasteiger partial charge in [0.15, 0.2) is 6.61 Å². The molecule has 0 atom stereocenters. The average molecular weight is 399 g/mol. The predicted octanol–water partition coefficient (Wildman–Crippen LogP) is 2.15. The van der Waals surface area contributed by atoms with Crippen LogP contribution in [-0.2, 0) is 14.8 Å². The Hall–Kier alpha value is -1.90. The van der Waals surface area contributed by atoms with Crippen molar-refractivity contribution < 1.29 is 17.9 Å². The molecule has 0 aromatic heterocycles. The van der Waals surface area contributed by atoms with Gasteiger partial charge in [-0.1, -0.05) is 40.2 Å². The Morgan fingerprint density at radius 3 is 2.61 bits per heavy atom. The zero-order chi connectivity index (χ0) is 16.9. The summed E-state index contributed by atoms with van der Waals surface area (Å²) in [4.78, 5) is 13.8. The molecular formula is C15H15BrN2O4S. The largest absolute Gasteiger partial charge is 0.483 e. The predicted molar refractivity (Wildman–Crippen MR) is 89.3 cm³/mol. The fourth-order valence-electron chi connectivity index (χ4n) is 1.71. The summed E-state index contributed by atoms with van der Waals surface area (Å²) in [6, 6.07) is 13.4. The average Bonchev–Trinajstić information content (AvgIpc) is 2.52. The molecule has 0 aliphatic carbocycles. The van der Waals surface area contributed by atoms with Gasteiger partial charge in [-0.05, 0) is 36.8 Å². The smallest absolute Gasteiger partial charge is 0.272 e. The summed E-state index contributed by atoms with van der Waals surface area (Å²) < 4.78 is 30.0. The van der Waals surface area contributed by atoms with Gasteiger partial charge < -0.3 is 4.74 Å². The molecule has 8 heteroatoms. The van der Waals surface area contributed by atoms with Crippen LogP contribution in [0, 0.1) is 6.92 Å². The van der Waals surface area contributed by atoms with E-state index in [0.29, 0.717) is 10.2 Å². The highest BCUT2D eigenvalue weighted by atomic mass is 79.9. The first-order valence-electron chi connectivity index (χ1n) is 6.63. The van der Waals surface area contributed by atoms with Gasteiger partial charge in [-0.15, -0.1) is 4.83 Å². The molecular weight excluding hydrogens is 384 g/mol. The molecule has 0 radical (unpaired) electrons. The third-order valence-corrected chi connectivity index (χ3v) is 4.62.